The fraction of sp³-hybridized carbons (Fsp3) is 1.00. The SMILES string of the molecule is CCCCC(C)(O)CCCCCC(C)C. The molecule has 1 atom stereocenters. The number of unbranched alkanes of at least 4 members (excludes halogenated alkanes) is 3. The molecular weight excluding hydrogens is 184 g/mol. The van der Waals surface area contributed by atoms with Gasteiger partial charge in [0.1, 0.15) is 0 Å². The third-order valence-electron chi connectivity index (χ3n) is 3.07. The Balaban J connectivity index is 3.40. The van der Waals surface area contributed by atoms with E-state index < -0.39 is 5.60 Å². The van der Waals surface area contributed by atoms with Crippen molar-refractivity contribution in [2.75, 3.05) is 0 Å². The molecule has 0 saturated heterocycles. The summed E-state index contributed by atoms with van der Waals surface area (Å²) < 4.78 is 0. The lowest BCUT2D eigenvalue weighted by Crippen LogP contribution is -2.23. The zero-order valence-electron chi connectivity index (χ0n) is 11.2. The Morgan fingerprint density at radius 1 is 1.00 bits per heavy atom. The van der Waals surface area contributed by atoms with Gasteiger partial charge in [-0.15, -0.1) is 0 Å². The Labute approximate surface area is 96.3 Å². The summed E-state index contributed by atoms with van der Waals surface area (Å²) in [6.45, 7) is 8.72. The molecule has 1 heteroatoms. The Morgan fingerprint density at radius 2 is 1.60 bits per heavy atom. The fourth-order valence-corrected chi connectivity index (χ4v) is 1.92. The highest BCUT2D eigenvalue weighted by atomic mass is 16.3. The van der Waals surface area contributed by atoms with Crippen molar-refractivity contribution in [3.8, 4) is 0 Å². The fourth-order valence-electron chi connectivity index (χ4n) is 1.92. The molecule has 15 heavy (non-hydrogen) atoms. The van der Waals surface area contributed by atoms with Gasteiger partial charge in [-0.2, -0.15) is 0 Å². The van der Waals surface area contributed by atoms with E-state index in [1.165, 1.54) is 32.1 Å². The first kappa shape index (κ1) is 15.0. The van der Waals surface area contributed by atoms with Crippen molar-refractivity contribution in [1.82, 2.24) is 0 Å². The van der Waals surface area contributed by atoms with Gasteiger partial charge in [-0.3, -0.25) is 0 Å². The molecule has 0 aromatic rings. The lowest BCUT2D eigenvalue weighted by atomic mass is 9.92. The van der Waals surface area contributed by atoms with Crippen LogP contribution in [0.2, 0.25) is 0 Å². The van der Waals surface area contributed by atoms with E-state index in [1.807, 2.05) is 6.92 Å². The van der Waals surface area contributed by atoms with E-state index in [4.69, 9.17) is 0 Å². The first-order chi connectivity index (χ1) is 6.98. The molecule has 0 aromatic carbocycles. The number of hydrogen-bond acceptors (Lipinski definition) is 1. The Hall–Kier alpha value is -0.0400. The van der Waals surface area contributed by atoms with Gasteiger partial charge in [0, 0.05) is 0 Å². The predicted molar refractivity (Wildman–Crippen MR) is 68.1 cm³/mol. The maximum absolute atomic E-state index is 10.1. The van der Waals surface area contributed by atoms with Gasteiger partial charge in [0.2, 0.25) is 0 Å². The summed E-state index contributed by atoms with van der Waals surface area (Å²) in [5, 5.41) is 10.1. The Morgan fingerprint density at radius 3 is 2.13 bits per heavy atom. The predicted octanol–water partition coefficient (Wildman–Crippen LogP) is 4.53. The van der Waals surface area contributed by atoms with Crippen LogP contribution in [0, 0.1) is 5.92 Å². The zero-order chi connectivity index (χ0) is 11.7. The molecule has 92 valence electrons. The van der Waals surface area contributed by atoms with Gasteiger partial charge >= 0.3 is 0 Å². The van der Waals surface area contributed by atoms with Gasteiger partial charge in [-0.25, -0.2) is 0 Å². The van der Waals surface area contributed by atoms with Crippen LogP contribution in [0.15, 0.2) is 0 Å². The van der Waals surface area contributed by atoms with Crippen LogP contribution in [0.1, 0.15) is 79.1 Å². The summed E-state index contributed by atoms with van der Waals surface area (Å²) in [6.07, 6.45) is 9.39. The Bertz CT molecular complexity index is 138. The van der Waals surface area contributed by atoms with E-state index in [0.29, 0.717) is 0 Å². The van der Waals surface area contributed by atoms with Gasteiger partial charge in [-0.05, 0) is 25.7 Å². The van der Waals surface area contributed by atoms with Crippen molar-refractivity contribution in [3.63, 3.8) is 0 Å². The lowest BCUT2D eigenvalue weighted by molar-refractivity contribution is 0.0371. The molecule has 0 fully saturated rings. The van der Waals surface area contributed by atoms with E-state index in [1.54, 1.807) is 0 Å². The number of hydrogen-bond donors (Lipinski definition) is 1. The van der Waals surface area contributed by atoms with Crippen molar-refractivity contribution in [1.29, 1.82) is 0 Å². The van der Waals surface area contributed by atoms with E-state index in [-0.39, 0.29) is 0 Å². The normalized spacial score (nSPS) is 15.6. The van der Waals surface area contributed by atoms with Gasteiger partial charge in [0.15, 0.2) is 0 Å². The van der Waals surface area contributed by atoms with Gasteiger partial charge in [0.25, 0.3) is 0 Å². The highest BCUT2D eigenvalue weighted by Gasteiger charge is 2.18. The van der Waals surface area contributed by atoms with Gasteiger partial charge < -0.3 is 5.11 Å². The minimum atomic E-state index is -0.409. The third-order valence-corrected chi connectivity index (χ3v) is 3.07. The summed E-state index contributed by atoms with van der Waals surface area (Å²) in [7, 11) is 0. The highest BCUT2D eigenvalue weighted by Crippen LogP contribution is 2.21. The average molecular weight is 214 g/mol. The van der Waals surface area contributed by atoms with Crippen LogP contribution in [-0.2, 0) is 0 Å². The molecule has 0 aliphatic carbocycles. The summed E-state index contributed by atoms with van der Waals surface area (Å²) in [4.78, 5) is 0. The molecule has 0 aliphatic heterocycles. The summed E-state index contributed by atoms with van der Waals surface area (Å²) >= 11 is 0. The molecular formula is C14H30O. The Kier molecular flexibility index (Phi) is 8.13. The number of rotatable bonds is 9. The van der Waals surface area contributed by atoms with Gasteiger partial charge in [0.05, 0.1) is 5.60 Å². The smallest absolute Gasteiger partial charge is 0.0619 e. The molecule has 1 N–H and O–H groups in total. The minimum Gasteiger partial charge on any atom is -0.390 e. The zero-order valence-corrected chi connectivity index (χ0v) is 11.2. The van der Waals surface area contributed by atoms with Crippen molar-refractivity contribution in [2.45, 2.75) is 84.7 Å². The largest absolute Gasteiger partial charge is 0.390 e. The van der Waals surface area contributed by atoms with Crippen LogP contribution in [0.3, 0.4) is 0 Å². The highest BCUT2D eigenvalue weighted by molar-refractivity contribution is 4.71. The molecule has 0 saturated carbocycles. The van der Waals surface area contributed by atoms with Crippen LogP contribution in [0.25, 0.3) is 0 Å². The molecule has 0 spiro atoms. The first-order valence-corrected chi connectivity index (χ1v) is 6.70. The minimum absolute atomic E-state index is 0.409. The van der Waals surface area contributed by atoms with Crippen molar-refractivity contribution >= 4 is 0 Å². The van der Waals surface area contributed by atoms with Gasteiger partial charge in [-0.1, -0.05) is 59.3 Å². The second kappa shape index (κ2) is 8.15. The maximum atomic E-state index is 10.1. The monoisotopic (exact) mass is 214 g/mol. The standard InChI is InChI=1S/C14H30O/c1-5-6-11-14(4,15)12-9-7-8-10-13(2)3/h13,15H,5-12H2,1-4H3. The van der Waals surface area contributed by atoms with Crippen LogP contribution in [0.4, 0.5) is 0 Å². The second-order valence-corrected chi connectivity index (χ2v) is 5.59. The van der Waals surface area contributed by atoms with Crippen LogP contribution in [-0.4, -0.2) is 10.7 Å². The quantitative estimate of drug-likeness (QED) is 0.559. The van der Waals surface area contributed by atoms with Crippen LogP contribution < -0.4 is 0 Å². The van der Waals surface area contributed by atoms with Crippen LogP contribution >= 0.6 is 0 Å². The first-order valence-electron chi connectivity index (χ1n) is 6.70. The molecule has 0 aliphatic rings. The van der Waals surface area contributed by atoms with E-state index in [0.717, 1.165) is 25.2 Å². The lowest BCUT2D eigenvalue weighted by Gasteiger charge is -2.22. The van der Waals surface area contributed by atoms with Crippen molar-refractivity contribution in [2.24, 2.45) is 5.92 Å². The molecule has 0 radical (unpaired) electrons. The third kappa shape index (κ3) is 10.2. The average Bonchev–Trinajstić information content (AvgIpc) is 2.14. The summed E-state index contributed by atoms with van der Waals surface area (Å²) in [5.74, 6) is 0.825. The molecule has 1 unspecified atom stereocenters. The summed E-state index contributed by atoms with van der Waals surface area (Å²) in [5.41, 5.74) is -0.409. The van der Waals surface area contributed by atoms with Crippen molar-refractivity contribution in [3.05, 3.63) is 0 Å². The van der Waals surface area contributed by atoms with Crippen LogP contribution in [0.5, 0.6) is 0 Å². The van der Waals surface area contributed by atoms with E-state index in [2.05, 4.69) is 20.8 Å². The number of aliphatic hydroxyl groups is 1. The molecule has 0 rings (SSSR count). The van der Waals surface area contributed by atoms with E-state index in [9.17, 15) is 5.11 Å². The topological polar surface area (TPSA) is 20.2 Å². The van der Waals surface area contributed by atoms with Crippen molar-refractivity contribution < 1.29 is 5.11 Å². The summed E-state index contributed by atoms with van der Waals surface area (Å²) in [6, 6.07) is 0. The molecule has 0 aromatic heterocycles. The maximum Gasteiger partial charge on any atom is 0.0619 e. The second-order valence-electron chi connectivity index (χ2n) is 5.59. The molecule has 0 amide bonds. The van der Waals surface area contributed by atoms with E-state index >= 15 is 0 Å². The molecule has 1 nitrogen and oxygen atoms in total. The molecule has 0 bridgehead atoms. The molecule has 0 heterocycles.